The van der Waals surface area contributed by atoms with E-state index in [0.29, 0.717) is 24.7 Å². The van der Waals surface area contributed by atoms with Crippen LogP contribution >= 0.6 is 7.92 Å². The lowest BCUT2D eigenvalue weighted by molar-refractivity contribution is -0.143. The molecule has 0 spiro atoms. The molecule has 0 unspecified atom stereocenters. The fraction of sp³-hybridized carbons (Fsp3) is 0.296. The van der Waals surface area contributed by atoms with E-state index in [4.69, 9.17) is 0 Å². The summed E-state index contributed by atoms with van der Waals surface area (Å²) in [4.78, 5) is 12.8. The normalized spacial score (nSPS) is 13.8. The van der Waals surface area contributed by atoms with E-state index in [1.165, 1.54) is 0 Å². The number of alkyl halides is 6. The largest absolute Gasteiger partial charge is 0.416 e. The van der Waals surface area contributed by atoms with Crippen molar-refractivity contribution in [2.45, 2.75) is 38.7 Å². The minimum Gasteiger partial charge on any atom is -0.334 e. The van der Waals surface area contributed by atoms with E-state index in [9.17, 15) is 31.1 Å². The van der Waals surface area contributed by atoms with Gasteiger partial charge in [-0.1, -0.05) is 80.9 Å². The second-order valence-corrected chi connectivity index (χ2v) is 10.9. The maximum atomic E-state index is 13.2. The fourth-order valence-electron chi connectivity index (χ4n) is 3.79. The molecule has 0 saturated heterocycles. The first-order chi connectivity index (χ1) is 17.4. The molecule has 3 aromatic rings. The molecule has 0 aromatic heterocycles. The molecule has 0 aliphatic heterocycles. The molecule has 0 aliphatic carbocycles. The average Bonchev–Trinajstić information content (AvgIpc) is 2.85. The molecule has 3 nitrogen and oxygen atoms in total. The average molecular weight is 540 g/mol. The Kier molecular flexibility index (Phi) is 9.24. The minimum absolute atomic E-state index is 0.00424. The zero-order valence-corrected chi connectivity index (χ0v) is 21.1. The number of carbonyl (C=O) groups is 1. The molecule has 3 rings (SSSR count). The van der Waals surface area contributed by atoms with Gasteiger partial charge in [-0.05, 0) is 48.8 Å². The Labute approximate surface area is 213 Å². The molecule has 0 bridgehead atoms. The zero-order chi connectivity index (χ0) is 27.2. The summed E-state index contributed by atoms with van der Waals surface area (Å²) in [5.41, 5.74) is -3.57. The van der Waals surface area contributed by atoms with Crippen molar-refractivity contribution in [3.8, 4) is 0 Å². The van der Waals surface area contributed by atoms with Crippen molar-refractivity contribution >= 4 is 30.2 Å². The summed E-state index contributed by atoms with van der Waals surface area (Å²) in [5, 5.41) is 7.17. The predicted molar refractivity (Wildman–Crippen MR) is 136 cm³/mol. The lowest BCUT2D eigenvalue weighted by atomic mass is 10.0. The van der Waals surface area contributed by atoms with E-state index in [1.807, 2.05) is 74.5 Å². The number of halogens is 6. The van der Waals surface area contributed by atoms with Crippen LogP contribution in [0.5, 0.6) is 0 Å². The van der Waals surface area contributed by atoms with Crippen LogP contribution in [0, 0.1) is 5.92 Å². The Balaban J connectivity index is 1.87. The molecular formula is C27H27F6N2OP. The Hall–Kier alpha value is -3.06. The minimum atomic E-state index is -5.01. The Morgan fingerprint density at radius 2 is 1.27 bits per heavy atom. The third kappa shape index (κ3) is 7.96. The van der Waals surface area contributed by atoms with Crippen LogP contribution in [-0.2, 0) is 12.4 Å². The highest BCUT2D eigenvalue weighted by Crippen LogP contribution is 2.38. The molecule has 2 amide bonds. The van der Waals surface area contributed by atoms with Gasteiger partial charge in [-0.2, -0.15) is 26.3 Å². The number of carbonyl (C=O) groups excluding carboxylic acids is 1. The van der Waals surface area contributed by atoms with Crippen molar-refractivity contribution in [1.29, 1.82) is 0 Å². The first-order valence-electron chi connectivity index (χ1n) is 11.6. The van der Waals surface area contributed by atoms with Crippen molar-refractivity contribution in [3.63, 3.8) is 0 Å². The molecule has 2 atom stereocenters. The van der Waals surface area contributed by atoms with Gasteiger partial charge in [-0.25, -0.2) is 4.79 Å². The topological polar surface area (TPSA) is 41.1 Å². The Bertz CT molecular complexity index is 1100. The third-order valence-electron chi connectivity index (χ3n) is 6.01. The molecule has 3 aromatic carbocycles. The van der Waals surface area contributed by atoms with Crippen molar-refractivity contribution in [2.24, 2.45) is 5.92 Å². The highest BCUT2D eigenvalue weighted by molar-refractivity contribution is 7.73. The van der Waals surface area contributed by atoms with Crippen LogP contribution in [0.25, 0.3) is 0 Å². The standard InChI is InChI=1S/C27H27F6N2OP/c1-3-18(2)24(17-37(22-10-6-4-7-11-22)23-12-8-5-9-13-23)35-25(36)34-21-15-19(26(28,29)30)14-20(16-21)27(31,32)33/h4-16,18,24H,3,17H2,1-2H3,(H2,34,35,36)/t18-,24+/m0/s1. The SMILES string of the molecule is CC[C@H](C)[C@@H](CP(c1ccccc1)c1ccccc1)NC(=O)Nc1cc(C(F)(F)F)cc(C(F)(F)F)c1. The van der Waals surface area contributed by atoms with Crippen molar-refractivity contribution < 1.29 is 31.1 Å². The van der Waals surface area contributed by atoms with Crippen LogP contribution in [0.1, 0.15) is 31.4 Å². The number of amides is 2. The van der Waals surface area contributed by atoms with Crippen LogP contribution < -0.4 is 21.2 Å². The number of anilines is 1. The number of benzene rings is 3. The first-order valence-corrected chi connectivity index (χ1v) is 13.2. The van der Waals surface area contributed by atoms with Gasteiger partial charge in [0.25, 0.3) is 0 Å². The summed E-state index contributed by atoms with van der Waals surface area (Å²) in [6.07, 6.45) is -8.76. The second kappa shape index (κ2) is 12.0. The van der Waals surface area contributed by atoms with Crippen molar-refractivity contribution in [1.82, 2.24) is 5.32 Å². The number of urea groups is 1. The lowest BCUT2D eigenvalue weighted by Crippen LogP contribution is -2.44. The van der Waals surface area contributed by atoms with E-state index in [1.54, 1.807) is 0 Å². The van der Waals surface area contributed by atoms with Crippen molar-refractivity contribution in [3.05, 3.63) is 90.0 Å². The highest BCUT2D eigenvalue weighted by atomic mass is 31.1. The van der Waals surface area contributed by atoms with Gasteiger partial charge in [-0.3, -0.25) is 0 Å². The molecule has 0 fully saturated rings. The molecule has 10 heteroatoms. The van der Waals surface area contributed by atoms with E-state index in [-0.39, 0.29) is 18.0 Å². The lowest BCUT2D eigenvalue weighted by Gasteiger charge is -2.29. The summed E-state index contributed by atoms with van der Waals surface area (Å²) in [5.74, 6) is -0.00424. The molecular weight excluding hydrogens is 513 g/mol. The van der Waals surface area contributed by atoms with Crippen LogP contribution in [0.3, 0.4) is 0 Å². The zero-order valence-electron chi connectivity index (χ0n) is 20.2. The van der Waals surface area contributed by atoms with Crippen LogP contribution in [0.15, 0.2) is 78.9 Å². The molecule has 198 valence electrons. The van der Waals surface area contributed by atoms with E-state index in [0.717, 1.165) is 10.6 Å². The number of rotatable bonds is 8. The van der Waals surface area contributed by atoms with Crippen LogP contribution in [0.4, 0.5) is 36.8 Å². The first kappa shape index (κ1) is 28.5. The predicted octanol–water partition coefficient (Wildman–Crippen LogP) is 7.39. The van der Waals surface area contributed by atoms with Gasteiger partial charge in [0.1, 0.15) is 0 Å². The van der Waals surface area contributed by atoms with Crippen LogP contribution in [-0.4, -0.2) is 18.2 Å². The summed E-state index contributed by atoms with van der Waals surface area (Å²) >= 11 is 0. The molecule has 0 heterocycles. The van der Waals surface area contributed by atoms with E-state index < -0.39 is 43.1 Å². The molecule has 0 saturated carbocycles. The monoisotopic (exact) mass is 540 g/mol. The quantitative estimate of drug-likeness (QED) is 0.227. The highest BCUT2D eigenvalue weighted by Gasteiger charge is 2.37. The van der Waals surface area contributed by atoms with Gasteiger partial charge in [-0.15, -0.1) is 0 Å². The third-order valence-corrected chi connectivity index (χ3v) is 8.61. The molecule has 2 N–H and O–H groups in total. The smallest absolute Gasteiger partial charge is 0.334 e. The Morgan fingerprint density at radius 3 is 1.68 bits per heavy atom. The fourth-order valence-corrected chi connectivity index (χ4v) is 6.42. The van der Waals surface area contributed by atoms with Gasteiger partial charge in [0, 0.05) is 11.7 Å². The molecule has 0 aliphatic rings. The molecule has 0 radical (unpaired) electrons. The Morgan fingerprint density at radius 1 is 0.811 bits per heavy atom. The van der Waals surface area contributed by atoms with Gasteiger partial charge in [0.05, 0.1) is 11.1 Å². The van der Waals surface area contributed by atoms with E-state index >= 15 is 0 Å². The summed E-state index contributed by atoms with van der Waals surface area (Å²) < 4.78 is 79.2. The molecule has 37 heavy (non-hydrogen) atoms. The van der Waals surface area contributed by atoms with E-state index in [2.05, 4.69) is 10.6 Å². The number of hydrogen-bond acceptors (Lipinski definition) is 1. The van der Waals surface area contributed by atoms with Gasteiger partial charge in [0.2, 0.25) is 0 Å². The number of hydrogen-bond donors (Lipinski definition) is 2. The summed E-state index contributed by atoms with van der Waals surface area (Å²) in [7, 11) is -0.900. The van der Waals surface area contributed by atoms with Crippen LogP contribution in [0.2, 0.25) is 0 Å². The van der Waals surface area contributed by atoms with Crippen molar-refractivity contribution in [2.75, 3.05) is 11.5 Å². The van der Waals surface area contributed by atoms with Gasteiger partial charge < -0.3 is 10.6 Å². The number of nitrogens with one attached hydrogen (secondary N) is 2. The van der Waals surface area contributed by atoms with Gasteiger partial charge >= 0.3 is 18.4 Å². The summed E-state index contributed by atoms with van der Waals surface area (Å²) in [6, 6.07) is 19.3. The van der Waals surface area contributed by atoms with Gasteiger partial charge in [0.15, 0.2) is 0 Å². The second-order valence-electron chi connectivity index (χ2n) is 8.67. The maximum Gasteiger partial charge on any atom is 0.416 e. The maximum absolute atomic E-state index is 13.2. The summed E-state index contributed by atoms with van der Waals surface area (Å²) in [6.45, 7) is 3.90.